The second-order valence-electron chi connectivity index (χ2n) is 6.28. The average Bonchev–Trinajstić information content (AvgIpc) is 3.40. The van der Waals surface area contributed by atoms with Crippen molar-refractivity contribution in [1.29, 1.82) is 0 Å². The van der Waals surface area contributed by atoms with Crippen LogP contribution >= 0.6 is 11.3 Å². The first-order valence-electron chi connectivity index (χ1n) is 8.39. The molecule has 0 aliphatic carbocycles. The minimum atomic E-state index is -3.74. The van der Waals surface area contributed by atoms with Crippen LogP contribution in [0.5, 0.6) is 0 Å². The lowest BCUT2D eigenvalue weighted by Crippen LogP contribution is -2.25. The molecule has 0 amide bonds. The van der Waals surface area contributed by atoms with Gasteiger partial charge in [0, 0.05) is 19.8 Å². The van der Waals surface area contributed by atoms with Crippen LogP contribution in [-0.2, 0) is 16.6 Å². The minimum absolute atomic E-state index is 0.00980. The smallest absolute Gasteiger partial charge is 0.352 e. The number of carbonyl (C=O) groups is 1. The summed E-state index contributed by atoms with van der Waals surface area (Å²) >= 11 is 1.14. The third-order valence-electron chi connectivity index (χ3n) is 4.52. The number of rotatable bonds is 6. The summed E-state index contributed by atoms with van der Waals surface area (Å²) in [5.41, 5.74) is 2.52. The van der Waals surface area contributed by atoms with E-state index in [1.54, 1.807) is 23.7 Å². The molecule has 0 radical (unpaired) electrons. The Morgan fingerprint density at radius 2 is 1.96 bits per heavy atom. The average molecular weight is 415 g/mol. The van der Waals surface area contributed by atoms with Crippen molar-refractivity contribution in [3.05, 3.63) is 71.4 Å². The SMILES string of the molecule is CN(c1cn(Cc2ccccc2)c2cc(C(=O)O)[nH]c12)S(=O)(=O)c1cccs1. The maximum absolute atomic E-state index is 12.9. The highest BCUT2D eigenvalue weighted by Crippen LogP contribution is 2.33. The Bertz CT molecular complexity index is 1240. The van der Waals surface area contributed by atoms with Crippen molar-refractivity contribution in [3.8, 4) is 0 Å². The third kappa shape index (κ3) is 3.08. The number of aromatic carboxylic acids is 1. The summed E-state index contributed by atoms with van der Waals surface area (Å²) in [5.74, 6) is -1.10. The van der Waals surface area contributed by atoms with Gasteiger partial charge in [-0.3, -0.25) is 4.31 Å². The van der Waals surface area contributed by atoms with Crippen molar-refractivity contribution < 1.29 is 18.3 Å². The second-order valence-corrected chi connectivity index (χ2v) is 9.42. The lowest BCUT2D eigenvalue weighted by molar-refractivity contribution is 0.0691. The Morgan fingerprint density at radius 3 is 2.61 bits per heavy atom. The molecule has 3 aromatic heterocycles. The Balaban J connectivity index is 1.85. The number of sulfonamides is 1. The molecule has 0 bridgehead atoms. The molecule has 0 spiro atoms. The number of carboxylic acids is 1. The van der Waals surface area contributed by atoms with Gasteiger partial charge in [0.15, 0.2) is 0 Å². The number of anilines is 1. The van der Waals surface area contributed by atoms with E-state index in [1.165, 1.54) is 17.4 Å². The maximum Gasteiger partial charge on any atom is 0.352 e. The van der Waals surface area contributed by atoms with E-state index in [1.807, 2.05) is 34.9 Å². The van der Waals surface area contributed by atoms with Crippen LogP contribution in [0, 0.1) is 0 Å². The highest BCUT2D eigenvalue weighted by molar-refractivity contribution is 7.94. The number of nitrogens with zero attached hydrogens (tertiary/aromatic N) is 2. The fourth-order valence-corrected chi connectivity index (χ4v) is 5.44. The van der Waals surface area contributed by atoms with Gasteiger partial charge >= 0.3 is 5.97 Å². The van der Waals surface area contributed by atoms with Gasteiger partial charge < -0.3 is 14.7 Å². The molecule has 1 aromatic carbocycles. The van der Waals surface area contributed by atoms with Crippen molar-refractivity contribution in [2.75, 3.05) is 11.4 Å². The molecule has 0 saturated carbocycles. The van der Waals surface area contributed by atoms with Gasteiger partial charge in [-0.1, -0.05) is 36.4 Å². The number of thiophene rings is 1. The predicted molar refractivity (Wildman–Crippen MR) is 109 cm³/mol. The Hall–Kier alpha value is -3.04. The summed E-state index contributed by atoms with van der Waals surface area (Å²) in [4.78, 5) is 14.3. The fraction of sp³-hybridized carbons (Fsp3) is 0.105. The largest absolute Gasteiger partial charge is 0.477 e. The van der Waals surface area contributed by atoms with Gasteiger partial charge in [0.2, 0.25) is 0 Å². The van der Waals surface area contributed by atoms with E-state index < -0.39 is 16.0 Å². The number of nitrogens with one attached hydrogen (secondary N) is 1. The summed E-state index contributed by atoms with van der Waals surface area (Å²) in [7, 11) is -2.27. The van der Waals surface area contributed by atoms with E-state index in [-0.39, 0.29) is 9.90 Å². The Labute approximate surface area is 165 Å². The van der Waals surface area contributed by atoms with Crippen molar-refractivity contribution in [3.63, 3.8) is 0 Å². The second kappa shape index (κ2) is 6.84. The third-order valence-corrected chi connectivity index (χ3v) is 7.66. The van der Waals surface area contributed by atoms with Crippen LogP contribution in [0.1, 0.15) is 16.1 Å². The predicted octanol–water partition coefficient (Wildman–Crippen LogP) is 3.60. The minimum Gasteiger partial charge on any atom is -0.477 e. The first kappa shape index (κ1) is 18.3. The molecule has 0 fully saturated rings. The van der Waals surface area contributed by atoms with E-state index in [0.717, 1.165) is 16.9 Å². The molecule has 144 valence electrons. The normalized spacial score (nSPS) is 11.8. The number of aromatic amines is 1. The zero-order valence-corrected chi connectivity index (χ0v) is 16.5. The van der Waals surface area contributed by atoms with Crippen molar-refractivity contribution in [2.45, 2.75) is 10.8 Å². The lowest BCUT2D eigenvalue weighted by Gasteiger charge is -2.17. The molecule has 4 aromatic rings. The van der Waals surface area contributed by atoms with Crippen LogP contribution in [0.3, 0.4) is 0 Å². The van der Waals surface area contributed by atoms with Crippen LogP contribution in [0.15, 0.2) is 64.3 Å². The van der Waals surface area contributed by atoms with Gasteiger partial charge in [0.25, 0.3) is 10.0 Å². The van der Waals surface area contributed by atoms with Gasteiger partial charge in [0.05, 0.1) is 16.7 Å². The summed E-state index contributed by atoms with van der Waals surface area (Å²) in [6, 6.07) is 14.4. The molecule has 0 saturated heterocycles. The molecule has 2 N–H and O–H groups in total. The van der Waals surface area contributed by atoms with Crippen LogP contribution < -0.4 is 4.31 Å². The quantitative estimate of drug-likeness (QED) is 0.503. The zero-order valence-electron chi connectivity index (χ0n) is 14.9. The summed E-state index contributed by atoms with van der Waals surface area (Å²) < 4.78 is 29.1. The summed E-state index contributed by atoms with van der Waals surface area (Å²) in [5, 5.41) is 11.1. The van der Waals surface area contributed by atoms with Gasteiger partial charge in [-0.15, -0.1) is 11.3 Å². The van der Waals surface area contributed by atoms with Crippen molar-refractivity contribution >= 4 is 44.1 Å². The Morgan fingerprint density at radius 1 is 1.21 bits per heavy atom. The molecule has 3 heterocycles. The van der Waals surface area contributed by atoms with Crippen LogP contribution in [-0.4, -0.2) is 36.1 Å². The number of H-pyrrole nitrogens is 1. The zero-order chi connectivity index (χ0) is 19.9. The number of fused-ring (bicyclic) bond motifs is 1. The highest BCUT2D eigenvalue weighted by atomic mass is 32.2. The van der Waals surface area contributed by atoms with E-state index in [2.05, 4.69) is 4.98 Å². The van der Waals surface area contributed by atoms with Crippen molar-refractivity contribution in [1.82, 2.24) is 9.55 Å². The van der Waals surface area contributed by atoms with E-state index in [4.69, 9.17) is 0 Å². The number of carboxylic acid groups (broad SMARTS) is 1. The molecule has 9 heteroatoms. The fourth-order valence-electron chi connectivity index (χ4n) is 3.09. The first-order valence-corrected chi connectivity index (χ1v) is 10.7. The highest BCUT2D eigenvalue weighted by Gasteiger charge is 2.27. The van der Waals surface area contributed by atoms with E-state index in [9.17, 15) is 18.3 Å². The molecule has 0 aliphatic rings. The standard InChI is InChI=1S/C19H17N3O4S2/c1-21(28(25,26)17-8-5-9-27-17)16-12-22(11-13-6-3-2-4-7-13)15-10-14(19(23)24)20-18(15)16/h2-10,12,20H,11H2,1H3,(H,23,24). The van der Waals surface area contributed by atoms with Gasteiger partial charge in [-0.05, 0) is 23.1 Å². The number of hydrogen-bond acceptors (Lipinski definition) is 4. The lowest BCUT2D eigenvalue weighted by atomic mass is 10.2. The first-order chi connectivity index (χ1) is 13.4. The topological polar surface area (TPSA) is 95.4 Å². The molecular formula is C19H17N3O4S2. The molecule has 28 heavy (non-hydrogen) atoms. The monoisotopic (exact) mass is 415 g/mol. The number of hydrogen-bond donors (Lipinski definition) is 2. The number of aromatic nitrogens is 2. The maximum atomic E-state index is 12.9. The molecular weight excluding hydrogens is 398 g/mol. The van der Waals surface area contributed by atoms with E-state index >= 15 is 0 Å². The van der Waals surface area contributed by atoms with E-state index in [0.29, 0.717) is 23.3 Å². The van der Waals surface area contributed by atoms with Gasteiger partial charge in [-0.2, -0.15) is 0 Å². The summed E-state index contributed by atoms with van der Waals surface area (Å²) in [6.07, 6.45) is 1.73. The molecule has 4 rings (SSSR count). The van der Waals surface area contributed by atoms with Crippen LogP contribution in [0.2, 0.25) is 0 Å². The van der Waals surface area contributed by atoms with Crippen LogP contribution in [0.4, 0.5) is 5.69 Å². The molecule has 0 unspecified atom stereocenters. The molecule has 0 atom stereocenters. The van der Waals surface area contributed by atoms with Gasteiger partial charge in [0.1, 0.15) is 9.90 Å². The molecule has 7 nitrogen and oxygen atoms in total. The number of benzene rings is 1. The summed E-state index contributed by atoms with van der Waals surface area (Å²) in [6.45, 7) is 0.487. The Kier molecular flexibility index (Phi) is 4.48. The van der Waals surface area contributed by atoms with Crippen molar-refractivity contribution in [2.24, 2.45) is 0 Å². The van der Waals surface area contributed by atoms with Crippen LogP contribution in [0.25, 0.3) is 11.0 Å². The van der Waals surface area contributed by atoms with Gasteiger partial charge in [-0.25, -0.2) is 13.2 Å². The molecule has 0 aliphatic heterocycles.